The lowest BCUT2D eigenvalue weighted by atomic mass is 10.2. The number of carbonyl (C=O) groups excluding carboxylic acids is 1. The molecule has 3 heteroatoms. The SMILES string of the molecule is [CH2]c1ccc(NC(=O)/C=C/c2ccccc2Cl)cc1. The minimum Gasteiger partial charge on any atom is -0.323 e. The van der Waals surface area contributed by atoms with Gasteiger partial charge in [0.2, 0.25) is 5.91 Å². The maximum atomic E-state index is 11.7. The van der Waals surface area contributed by atoms with Gasteiger partial charge in [-0.3, -0.25) is 4.79 Å². The van der Waals surface area contributed by atoms with Crippen molar-refractivity contribution in [2.24, 2.45) is 0 Å². The van der Waals surface area contributed by atoms with E-state index in [1.165, 1.54) is 6.08 Å². The van der Waals surface area contributed by atoms with Gasteiger partial charge in [0, 0.05) is 16.8 Å². The molecule has 1 radical (unpaired) electrons. The van der Waals surface area contributed by atoms with Gasteiger partial charge in [0.05, 0.1) is 0 Å². The molecule has 95 valence electrons. The van der Waals surface area contributed by atoms with Gasteiger partial charge in [0.15, 0.2) is 0 Å². The molecule has 0 bridgehead atoms. The first kappa shape index (κ1) is 13.4. The van der Waals surface area contributed by atoms with Crippen LogP contribution in [0.2, 0.25) is 5.02 Å². The predicted octanol–water partition coefficient (Wildman–Crippen LogP) is 4.17. The summed E-state index contributed by atoms with van der Waals surface area (Å²) in [6, 6.07) is 14.7. The number of anilines is 1. The summed E-state index contributed by atoms with van der Waals surface area (Å²) in [6.07, 6.45) is 3.15. The minimum absolute atomic E-state index is 0.197. The number of hydrogen-bond donors (Lipinski definition) is 1. The van der Waals surface area contributed by atoms with E-state index in [1.54, 1.807) is 12.1 Å². The molecule has 0 aromatic heterocycles. The zero-order valence-electron chi connectivity index (χ0n) is 10.3. The van der Waals surface area contributed by atoms with Gasteiger partial charge in [-0.2, -0.15) is 0 Å². The third kappa shape index (κ3) is 3.97. The quantitative estimate of drug-likeness (QED) is 0.833. The molecule has 2 rings (SSSR count). The van der Waals surface area contributed by atoms with Gasteiger partial charge in [0.25, 0.3) is 0 Å². The van der Waals surface area contributed by atoms with E-state index in [1.807, 2.05) is 42.5 Å². The van der Waals surface area contributed by atoms with Crippen LogP contribution in [-0.4, -0.2) is 5.91 Å². The lowest BCUT2D eigenvalue weighted by Crippen LogP contribution is -2.07. The number of benzene rings is 2. The normalized spacial score (nSPS) is 10.6. The third-order valence-corrected chi connectivity index (χ3v) is 2.89. The van der Waals surface area contributed by atoms with Gasteiger partial charge in [-0.1, -0.05) is 41.9 Å². The molecule has 2 nitrogen and oxygen atoms in total. The Balaban J connectivity index is 2.02. The maximum absolute atomic E-state index is 11.7. The van der Waals surface area contributed by atoms with Crippen molar-refractivity contribution in [2.75, 3.05) is 5.32 Å². The fraction of sp³-hybridized carbons (Fsp3) is 0. The summed E-state index contributed by atoms with van der Waals surface area (Å²) in [5.74, 6) is -0.197. The second-order valence-corrected chi connectivity index (χ2v) is 4.45. The molecule has 2 aromatic rings. The summed E-state index contributed by atoms with van der Waals surface area (Å²) >= 11 is 6.00. The van der Waals surface area contributed by atoms with Crippen molar-refractivity contribution in [3.05, 3.63) is 77.7 Å². The van der Waals surface area contributed by atoms with E-state index in [2.05, 4.69) is 12.2 Å². The highest BCUT2D eigenvalue weighted by Gasteiger charge is 1.98. The molecule has 0 spiro atoms. The molecule has 19 heavy (non-hydrogen) atoms. The number of hydrogen-bond acceptors (Lipinski definition) is 1. The number of rotatable bonds is 3. The predicted molar refractivity (Wildman–Crippen MR) is 80.0 cm³/mol. The summed E-state index contributed by atoms with van der Waals surface area (Å²) in [4.78, 5) is 11.7. The van der Waals surface area contributed by atoms with Crippen molar-refractivity contribution in [2.45, 2.75) is 0 Å². The van der Waals surface area contributed by atoms with Crippen LogP contribution in [0.3, 0.4) is 0 Å². The van der Waals surface area contributed by atoms with Crippen molar-refractivity contribution in [3.8, 4) is 0 Å². The van der Waals surface area contributed by atoms with Gasteiger partial charge >= 0.3 is 0 Å². The van der Waals surface area contributed by atoms with Crippen LogP contribution in [0, 0.1) is 6.92 Å². The first-order valence-electron chi connectivity index (χ1n) is 5.81. The molecular weight excluding hydrogens is 258 g/mol. The van der Waals surface area contributed by atoms with Crippen molar-refractivity contribution in [3.63, 3.8) is 0 Å². The third-order valence-electron chi connectivity index (χ3n) is 2.54. The molecular formula is C16H13ClNO. The molecule has 2 aromatic carbocycles. The van der Waals surface area contributed by atoms with E-state index in [9.17, 15) is 4.79 Å². The van der Waals surface area contributed by atoms with Crippen LogP contribution in [0.5, 0.6) is 0 Å². The molecule has 0 fully saturated rings. The summed E-state index contributed by atoms with van der Waals surface area (Å²) in [7, 11) is 0. The second-order valence-electron chi connectivity index (χ2n) is 4.04. The van der Waals surface area contributed by atoms with Gasteiger partial charge in [0.1, 0.15) is 0 Å². The Hall–Kier alpha value is -2.06. The summed E-state index contributed by atoms with van der Waals surface area (Å²) < 4.78 is 0. The van der Waals surface area contributed by atoms with Crippen molar-refractivity contribution in [1.82, 2.24) is 0 Å². The highest BCUT2D eigenvalue weighted by Crippen LogP contribution is 2.16. The highest BCUT2D eigenvalue weighted by atomic mass is 35.5. The van der Waals surface area contributed by atoms with Crippen LogP contribution >= 0.6 is 11.6 Å². The maximum Gasteiger partial charge on any atom is 0.248 e. The fourth-order valence-corrected chi connectivity index (χ4v) is 1.75. The Kier molecular flexibility index (Phi) is 4.37. The van der Waals surface area contributed by atoms with E-state index in [-0.39, 0.29) is 5.91 Å². The Morgan fingerprint density at radius 3 is 2.47 bits per heavy atom. The van der Waals surface area contributed by atoms with Crippen LogP contribution < -0.4 is 5.32 Å². The standard InChI is InChI=1S/C16H13ClNO/c1-12-6-9-14(10-7-12)18-16(19)11-8-13-4-2-3-5-15(13)17/h2-11H,1H2,(H,18,19)/b11-8+. The number of amides is 1. The van der Waals surface area contributed by atoms with E-state index in [0.29, 0.717) is 5.02 Å². The van der Waals surface area contributed by atoms with Crippen molar-refractivity contribution >= 4 is 29.3 Å². The molecule has 0 atom stereocenters. The average Bonchev–Trinajstić information content (AvgIpc) is 2.40. The molecule has 0 aliphatic rings. The largest absolute Gasteiger partial charge is 0.323 e. The highest BCUT2D eigenvalue weighted by molar-refractivity contribution is 6.32. The van der Waals surface area contributed by atoms with E-state index >= 15 is 0 Å². The molecule has 0 heterocycles. The molecule has 1 N–H and O–H groups in total. The Morgan fingerprint density at radius 2 is 1.79 bits per heavy atom. The Bertz CT molecular complexity index is 602. The van der Waals surface area contributed by atoms with E-state index < -0.39 is 0 Å². The van der Waals surface area contributed by atoms with E-state index in [4.69, 9.17) is 11.6 Å². The van der Waals surface area contributed by atoms with Crippen molar-refractivity contribution < 1.29 is 4.79 Å². The smallest absolute Gasteiger partial charge is 0.248 e. The van der Waals surface area contributed by atoms with Crippen LogP contribution in [0.15, 0.2) is 54.6 Å². The second kappa shape index (κ2) is 6.21. The lowest BCUT2D eigenvalue weighted by Gasteiger charge is -2.02. The zero-order chi connectivity index (χ0) is 13.7. The van der Waals surface area contributed by atoms with Gasteiger partial charge in [-0.25, -0.2) is 0 Å². The monoisotopic (exact) mass is 270 g/mol. The van der Waals surface area contributed by atoms with Gasteiger partial charge in [-0.05, 0) is 42.3 Å². The Morgan fingerprint density at radius 1 is 1.11 bits per heavy atom. The van der Waals surface area contributed by atoms with Crippen LogP contribution in [0.1, 0.15) is 11.1 Å². The lowest BCUT2D eigenvalue weighted by molar-refractivity contribution is -0.111. The first-order chi connectivity index (χ1) is 9.15. The Labute approximate surface area is 117 Å². The molecule has 1 amide bonds. The van der Waals surface area contributed by atoms with Gasteiger partial charge < -0.3 is 5.32 Å². The number of carbonyl (C=O) groups is 1. The number of halogens is 1. The summed E-state index contributed by atoms with van der Waals surface area (Å²) in [6.45, 7) is 3.79. The van der Waals surface area contributed by atoms with Crippen LogP contribution in [0.4, 0.5) is 5.69 Å². The fourth-order valence-electron chi connectivity index (χ4n) is 1.55. The van der Waals surface area contributed by atoms with Crippen LogP contribution in [-0.2, 0) is 4.79 Å². The van der Waals surface area contributed by atoms with Crippen molar-refractivity contribution in [1.29, 1.82) is 0 Å². The minimum atomic E-state index is -0.197. The molecule has 0 unspecified atom stereocenters. The zero-order valence-corrected chi connectivity index (χ0v) is 11.0. The van der Waals surface area contributed by atoms with Gasteiger partial charge in [-0.15, -0.1) is 0 Å². The molecule has 0 aliphatic heterocycles. The molecule has 0 aliphatic carbocycles. The van der Waals surface area contributed by atoms with E-state index in [0.717, 1.165) is 16.8 Å². The van der Waals surface area contributed by atoms with Crippen LogP contribution in [0.25, 0.3) is 6.08 Å². The number of nitrogens with one attached hydrogen (secondary N) is 1. The summed E-state index contributed by atoms with van der Waals surface area (Å²) in [5.41, 5.74) is 2.46. The average molecular weight is 271 g/mol. The summed E-state index contributed by atoms with van der Waals surface area (Å²) in [5, 5.41) is 3.38. The molecule has 0 saturated carbocycles. The molecule has 0 saturated heterocycles. The first-order valence-corrected chi connectivity index (χ1v) is 6.18. The topological polar surface area (TPSA) is 29.1 Å².